The molecule has 28 heavy (non-hydrogen) atoms. The van der Waals surface area contributed by atoms with Gasteiger partial charge < -0.3 is 9.52 Å². The van der Waals surface area contributed by atoms with Gasteiger partial charge in [-0.2, -0.15) is 0 Å². The summed E-state index contributed by atoms with van der Waals surface area (Å²) in [6.07, 6.45) is 1.52. The monoisotopic (exact) mass is 453 g/mol. The average molecular weight is 455 g/mol. The van der Waals surface area contributed by atoms with Crippen molar-refractivity contribution in [2.45, 2.75) is 0 Å². The summed E-state index contributed by atoms with van der Waals surface area (Å²) < 4.78 is 6.15. The minimum absolute atomic E-state index is 0.0417. The second-order valence-electron chi connectivity index (χ2n) is 6.12. The Hall–Kier alpha value is -2.89. The van der Waals surface area contributed by atoms with Crippen LogP contribution in [0.4, 0.5) is 5.69 Å². The quantitative estimate of drug-likeness (QED) is 0.290. The van der Waals surface area contributed by atoms with Crippen molar-refractivity contribution >= 4 is 50.4 Å². The zero-order valence-electron chi connectivity index (χ0n) is 14.4. The molecule has 0 aliphatic rings. The lowest BCUT2D eigenvalue weighted by Crippen LogP contribution is -2.02. The van der Waals surface area contributed by atoms with Crippen LogP contribution in [0.15, 0.2) is 85.4 Å². The van der Waals surface area contributed by atoms with E-state index < -0.39 is 5.63 Å². The second-order valence-corrected chi connectivity index (χ2v) is 7.44. The van der Waals surface area contributed by atoms with Crippen molar-refractivity contribution in [2.24, 2.45) is 4.99 Å². The number of fused-ring (bicyclic) bond motifs is 1. The highest BCUT2D eigenvalue weighted by Crippen LogP contribution is 2.31. The van der Waals surface area contributed by atoms with E-state index in [2.05, 4.69) is 20.9 Å². The summed E-state index contributed by atoms with van der Waals surface area (Å²) in [6, 6.07) is 19.7. The van der Waals surface area contributed by atoms with E-state index in [1.165, 1.54) is 6.21 Å². The van der Waals surface area contributed by atoms with Gasteiger partial charge in [0.15, 0.2) is 0 Å². The zero-order chi connectivity index (χ0) is 19.7. The molecule has 0 atom stereocenters. The van der Waals surface area contributed by atoms with Gasteiger partial charge in [0, 0.05) is 21.6 Å². The Bertz CT molecular complexity index is 1280. The van der Waals surface area contributed by atoms with Crippen LogP contribution in [0.2, 0.25) is 5.02 Å². The number of phenols is 1. The van der Waals surface area contributed by atoms with Crippen LogP contribution in [-0.2, 0) is 0 Å². The van der Waals surface area contributed by atoms with E-state index in [1.54, 1.807) is 30.3 Å². The normalized spacial score (nSPS) is 11.4. The van der Waals surface area contributed by atoms with E-state index in [0.717, 1.165) is 9.86 Å². The number of aromatic hydroxyl groups is 1. The van der Waals surface area contributed by atoms with Crippen LogP contribution < -0.4 is 5.63 Å². The molecule has 0 aliphatic heterocycles. The molecule has 1 aromatic heterocycles. The first-order valence-electron chi connectivity index (χ1n) is 8.37. The van der Waals surface area contributed by atoms with Crippen LogP contribution in [0.3, 0.4) is 0 Å². The Morgan fingerprint density at radius 2 is 1.86 bits per heavy atom. The van der Waals surface area contributed by atoms with Crippen molar-refractivity contribution in [3.63, 3.8) is 0 Å². The van der Waals surface area contributed by atoms with E-state index in [0.29, 0.717) is 28.0 Å². The third-order valence-electron chi connectivity index (χ3n) is 4.21. The number of halogens is 2. The molecule has 0 amide bonds. The molecule has 4 nitrogen and oxygen atoms in total. The zero-order valence-corrected chi connectivity index (χ0v) is 16.7. The smallest absolute Gasteiger partial charge is 0.344 e. The van der Waals surface area contributed by atoms with Crippen LogP contribution in [0.5, 0.6) is 5.75 Å². The van der Waals surface area contributed by atoms with Crippen LogP contribution in [0, 0.1) is 0 Å². The minimum Gasteiger partial charge on any atom is -0.506 e. The summed E-state index contributed by atoms with van der Waals surface area (Å²) >= 11 is 9.33. The lowest BCUT2D eigenvalue weighted by Gasteiger charge is -2.04. The fraction of sp³-hybridized carbons (Fsp3) is 0. The van der Waals surface area contributed by atoms with Gasteiger partial charge >= 0.3 is 5.63 Å². The first-order valence-corrected chi connectivity index (χ1v) is 9.54. The highest BCUT2D eigenvalue weighted by Gasteiger charge is 2.09. The maximum absolute atomic E-state index is 12.4. The molecule has 1 heterocycles. The number of hydrogen-bond acceptors (Lipinski definition) is 4. The third kappa shape index (κ3) is 3.72. The molecule has 0 fully saturated rings. The lowest BCUT2D eigenvalue weighted by molar-refractivity contribution is 0.474. The summed E-state index contributed by atoms with van der Waals surface area (Å²) in [4.78, 5) is 16.8. The van der Waals surface area contributed by atoms with E-state index in [-0.39, 0.29) is 10.8 Å². The van der Waals surface area contributed by atoms with Crippen molar-refractivity contribution < 1.29 is 9.52 Å². The van der Waals surface area contributed by atoms with Gasteiger partial charge in [0.25, 0.3) is 0 Å². The van der Waals surface area contributed by atoms with Gasteiger partial charge in [-0.15, -0.1) is 0 Å². The molecule has 0 aliphatic carbocycles. The Morgan fingerprint density at radius 1 is 1.04 bits per heavy atom. The number of phenolic OH excluding ortho intramolecular Hbond substituents is 1. The fourth-order valence-electron chi connectivity index (χ4n) is 2.85. The predicted molar refractivity (Wildman–Crippen MR) is 116 cm³/mol. The van der Waals surface area contributed by atoms with Gasteiger partial charge in [-0.1, -0.05) is 57.9 Å². The van der Waals surface area contributed by atoms with Gasteiger partial charge in [-0.05, 0) is 42.0 Å². The Labute approximate surface area is 173 Å². The van der Waals surface area contributed by atoms with E-state index in [4.69, 9.17) is 16.0 Å². The van der Waals surface area contributed by atoms with Gasteiger partial charge in [0.2, 0.25) is 0 Å². The largest absolute Gasteiger partial charge is 0.506 e. The van der Waals surface area contributed by atoms with Crippen molar-refractivity contribution in [3.05, 3.63) is 92.2 Å². The molecule has 1 N–H and O–H groups in total. The molecule has 0 saturated carbocycles. The Morgan fingerprint density at radius 3 is 2.71 bits per heavy atom. The molecule has 0 spiro atoms. The number of nitrogens with zero attached hydrogens (tertiary/aromatic N) is 1. The summed E-state index contributed by atoms with van der Waals surface area (Å²) in [5, 5.41) is 11.2. The van der Waals surface area contributed by atoms with E-state index in [1.807, 2.05) is 36.4 Å². The lowest BCUT2D eigenvalue weighted by atomic mass is 10.1. The maximum atomic E-state index is 12.4. The number of aliphatic imine (C=N–C) groups is 1. The molecule has 138 valence electrons. The van der Waals surface area contributed by atoms with Gasteiger partial charge in [0.05, 0.1) is 16.3 Å². The van der Waals surface area contributed by atoms with E-state index >= 15 is 0 Å². The topological polar surface area (TPSA) is 62.8 Å². The Balaban J connectivity index is 1.73. The van der Waals surface area contributed by atoms with Crippen molar-refractivity contribution in [2.75, 3.05) is 0 Å². The Kier molecular flexibility index (Phi) is 5.03. The standard InChI is InChI=1S/C22H13BrClNO3/c23-16-8-15(21(26)19(24)11-16)12-25-17-6-3-5-13(9-17)18-10-14-4-1-2-7-20(14)28-22(18)27/h1-12,26H. The number of hydrogen-bond donors (Lipinski definition) is 1. The first kappa shape index (κ1) is 18.5. The fourth-order valence-corrected chi connectivity index (χ4v) is 3.68. The molecular weight excluding hydrogens is 442 g/mol. The maximum Gasteiger partial charge on any atom is 0.344 e. The van der Waals surface area contributed by atoms with Crippen LogP contribution >= 0.6 is 27.5 Å². The number of para-hydroxylation sites is 1. The molecule has 0 unspecified atom stereocenters. The van der Waals surface area contributed by atoms with Crippen molar-refractivity contribution in [1.82, 2.24) is 0 Å². The molecule has 0 saturated heterocycles. The molecule has 3 aromatic carbocycles. The molecule has 0 bridgehead atoms. The third-order valence-corrected chi connectivity index (χ3v) is 4.95. The summed E-state index contributed by atoms with van der Waals surface area (Å²) in [6.45, 7) is 0. The number of rotatable bonds is 3. The molecule has 0 radical (unpaired) electrons. The van der Waals surface area contributed by atoms with Crippen LogP contribution in [-0.4, -0.2) is 11.3 Å². The number of benzene rings is 3. The van der Waals surface area contributed by atoms with Gasteiger partial charge in [-0.25, -0.2) is 4.79 Å². The average Bonchev–Trinajstić information content (AvgIpc) is 2.69. The molecular formula is C22H13BrClNO3. The SMILES string of the molecule is O=c1oc2ccccc2cc1-c1cccc(N=Cc2cc(Br)cc(Cl)c2O)c1. The molecule has 4 aromatic rings. The second kappa shape index (κ2) is 7.62. The summed E-state index contributed by atoms with van der Waals surface area (Å²) in [5.74, 6) is -0.0417. The highest BCUT2D eigenvalue weighted by atomic mass is 79.9. The minimum atomic E-state index is -0.406. The van der Waals surface area contributed by atoms with Gasteiger partial charge in [-0.3, -0.25) is 4.99 Å². The van der Waals surface area contributed by atoms with Crippen LogP contribution in [0.25, 0.3) is 22.1 Å². The first-order chi connectivity index (χ1) is 13.5. The van der Waals surface area contributed by atoms with E-state index in [9.17, 15) is 9.90 Å². The summed E-state index contributed by atoms with van der Waals surface area (Å²) in [5.41, 5.74) is 2.41. The highest BCUT2D eigenvalue weighted by molar-refractivity contribution is 9.10. The summed E-state index contributed by atoms with van der Waals surface area (Å²) in [7, 11) is 0. The van der Waals surface area contributed by atoms with Crippen molar-refractivity contribution in [1.29, 1.82) is 0 Å². The van der Waals surface area contributed by atoms with Crippen LogP contribution in [0.1, 0.15) is 5.56 Å². The molecule has 4 rings (SSSR count). The molecule has 6 heteroatoms. The van der Waals surface area contributed by atoms with Gasteiger partial charge in [0.1, 0.15) is 11.3 Å². The van der Waals surface area contributed by atoms with Crippen molar-refractivity contribution in [3.8, 4) is 16.9 Å². The predicted octanol–water partition coefficient (Wildman–Crippen LogP) is 6.33.